The number of amides is 1. The molecule has 2 rings (SSSR count). The molecule has 1 aromatic heterocycles. The number of carbonyl (C=O) groups is 1. The maximum atomic E-state index is 12.0. The number of pyridine rings is 1. The molecule has 1 aliphatic carbocycles. The van der Waals surface area contributed by atoms with E-state index in [1.165, 1.54) is 19.0 Å². The molecule has 0 unspecified atom stereocenters. The van der Waals surface area contributed by atoms with E-state index in [4.69, 9.17) is 5.73 Å². The predicted octanol–water partition coefficient (Wildman–Crippen LogP) is 1.58. The van der Waals surface area contributed by atoms with Crippen molar-refractivity contribution in [2.75, 3.05) is 5.73 Å². The van der Waals surface area contributed by atoms with Crippen LogP contribution < -0.4 is 11.1 Å². The number of carbonyl (C=O) groups excluding carboxylic acids is 1. The number of rotatable bonds is 3. The van der Waals surface area contributed by atoms with Gasteiger partial charge in [0.2, 0.25) is 0 Å². The molecule has 1 amide bonds. The molecule has 0 aliphatic heterocycles. The summed E-state index contributed by atoms with van der Waals surface area (Å²) in [6.07, 6.45) is 5.46. The second-order valence-corrected chi connectivity index (χ2v) is 4.91. The summed E-state index contributed by atoms with van der Waals surface area (Å²) in [5.74, 6) is 0.483. The molecule has 4 nitrogen and oxygen atoms in total. The van der Waals surface area contributed by atoms with Gasteiger partial charge in [-0.15, -0.1) is 0 Å². The summed E-state index contributed by atoms with van der Waals surface area (Å²) in [5.41, 5.74) is 6.49. The van der Waals surface area contributed by atoms with E-state index in [0.717, 1.165) is 0 Å². The van der Waals surface area contributed by atoms with Crippen LogP contribution in [-0.2, 0) is 0 Å². The molecule has 1 aliphatic rings. The summed E-state index contributed by atoms with van der Waals surface area (Å²) in [4.78, 5) is 15.9. The van der Waals surface area contributed by atoms with E-state index in [2.05, 4.69) is 24.1 Å². The number of aromatic nitrogens is 1. The van der Waals surface area contributed by atoms with E-state index < -0.39 is 0 Å². The summed E-state index contributed by atoms with van der Waals surface area (Å²) < 4.78 is 0. The predicted molar refractivity (Wildman–Crippen MR) is 62.9 cm³/mol. The molecule has 1 heterocycles. The molecular formula is C12H17N3O. The Morgan fingerprint density at radius 1 is 1.56 bits per heavy atom. The van der Waals surface area contributed by atoms with E-state index in [9.17, 15) is 4.79 Å². The Bertz CT molecular complexity index is 410. The minimum Gasteiger partial charge on any atom is -0.397 e. The van der Waals surface area contributed by atoms with Crippen LogP contribution in [0.5, 0.6) is 0 Å². The Balaban J connectivity index is 2.11. The molecule has 3 N–H and O–H groups in total. The van der Waals surface area contributed by atoms with Gasteiger partial charge in [0.1, 0.15) is 0 Å². The Hall–Kier alpha value is -1.58. The first kappa shape index (κ1) is 10.9. The van der Waals surface area contributed by atoms with E-state index >= 15 is 0 Å². The number of nitrogen functional groups attached to an aromatic ring is 1. The standard InChI is InChI=1S/C12H17N3O/c1-12(2,8-3-4-8)15-11(16)9-5-6-14-7-10(9)13/h5-8H,3-4,13H2,1-2H3,(H,15,16). The zero-order chi connectivity index (χ0) is 11.8. The molecule has 4 heteroatoms. The van der Waals surface area contributed by atoms with Crippen molar-refractivity contribution in [2.24, 2.45) is 5.92 Å². The average molecular weight is 219 g/mol. The SMILES string of the molecule is CC(C)(NC(=O)c1ccncc1N)C1CC1. The van der Waals surface area contributed by atoms with Crippen LogP contribution in [0.15, 0.2) is 18.5 Å². The third-order valence-corrected chi connectivity index (χ3v) is 3.13. The van der Waals surface area contributed by atoms with Gasteiger partial charge in [-0.2, -0.15) is 0 Å². The quantitative estimate of drug-likeness (QED) is 0.811. The highest BCUT2D eigenvalue weighted by atomic mass is 16.1. The lowest BCUT2D eigenvalue weighted by Crippen LogP contribution is -2.45. The fourth-order valence-corrected chi connectivity index (χ4v) is 1.88. The third-order valence-electron chi connectivity index (χ3n) is 3.13. The molecule has 0 aromatic carbocycles. The molecule has 0 radical (unpaired) electrons. The second-order valence-electron chi connectivity index (χ2n) is 4.91. The molecule has 1 saturated carbocycles. The van der Waals surface area contributed by atoms with Crippen molar-refractivity contribution in [3.63, 3.8) is 0 Å². The lowest BCUT2D eigenvalue weighted by molar-refractivity contribution is 0.0904. The van der Waals surface area contributed by atoms with Gasteiger partial charge in [0.05, 0.1) is 17.4 Å². The molecule has 0 spiro atoms. The summed E-state index contributed by atoms with van der Waals surface area (Å²) in [7, 11) is 0. The average Bonchev–Trinajstić information content (AvgIpc) is 3.00. The number of nitrogens with two attached hydrogens (primary N) is 1. The smallest absolute Gasteiger partial charge is 0.253 e. The highest BCUT2D eigenvalue weighted by Crippen LogP contribution is 2.39. The molecule has 86 valence electrons. The Kier molecular flexibility index (Phi) is 2.58. The number of nitrogens with zero attached hydrogens (tertiary/aromatic N) is 1. The van der Waals surface area contributed by atoms with Gasteiger partial charge in [0.25, 0.3) is 5.91 Å². The van der Waals surface area contributed by atoms with Crippen molar-refractivity contribution in [3.05, 3.63) is 24.0 Å². The summed E-state index contributed by atoms with van der Waals surface area (Å²) in [5, 5.41) is 3.03. The molecule has 1 fully saturated rings. The lowest BCUT2D eigenvalue weighted by Gasteiger charge is -2.26. The van der Waals surface area contributed by atoms with Gasteiger partial charge in [-0.1, -0.05) is 0 Å². The number of nitrogens with one attached hydrogen (secondary N) is 1. The van der Waals surface area contributed by atoms with E-state index in [0.29, 0.717) is 17.2 Å². The minimum atomic E-state index is -0.146. The van der Waals surface area contributed by atoms with Gasteiger partial charge in [0, 0.05) is 11.7 Å². The van der Waals surface area contributed by atoms with Gasteiger partial charge >= 0.3 is 0 Å². The maximum absolute atomic E-state index is 12.0. The molecule has 1 aromatic rings. The van der Waals surface area contributed by atoms with E-state index in [1.54, 1.807) is 12.3 Å². The summed E-state index contributed by atoms with van der Waals surface area (Å²) >= 11 is 0. The number of hydrogen-bond acceptors (Lipinski definition) is 3. The van der Waals surface area contributed by atoms with E-state index in [-0.39, 0.29) is 11.4 Å². The molecule has 16 heavy (non-hydrogen) atoms. The van der Waals surface area contributed by atoms with Crippen molar-refractivity contribution in [1.29, 1.82) is 0 Å². The van der Waals surface area contributed by atoms with Crippen LogP contribution in [0.2, 0.25) is 0 Å². The van der Waals surface area contributed by atoms with Crippen molar-refractivity contribution in [3.8, 4) is 0 Å². The Labute approximate surface area is 95.3 Å². The van der Waals surface area contributed by atoms with Crippen LogP contribution in [0.3, 0.4) is 0 Å². The topological polar surface area (TPSA) is 68.0 Å². The van der Waals surface area contributed by atoms with Crippen LogP contribution in [0.25, 0.3) is 0 Å². The number of anilines is 1. The monoisotopic (exact) mass is 219 g/mol. The van der Waals surface area contributed by atoms with Gasteiger partial charge in [-0.25, -0.2) is 0 Å². The fraction of sp³-hybridized carbons (Fsp3) is 0.500. The van der Waals surface area contributed by atoms with Crippen molar-refractivity contribution in [2.45, 2.75) is 32.2 Å². The van der Waals surface area contributed by atoms with Gasteiger partial charge < -0.3 is 11.1 Å². The highest BCUT2D eigenvalue weighted by Gasteiger charge is 2.38. The van der Waals surface area contributed by atoms with Gasteiger partial charge in [0.15, 0.2) is 0 Å². The van der Waals surface area contributed by atoms with Crippen molar-refractivity contribution in [1.82, 2.24) is 10.3 Å². The van der Waals surface area contributed by atoms with E-state index in [1.807, 2.05) is 0 Å². The van der Waals surface area contributed by atoms with Crippen molar-refractivity contribution < 1.29 is 4.79 Å². The normalized spacial score (nSPS) is 15.9. The fourth-order valence-electron chi connectivity index (χ4n) is 1.88. The molecule has 0 atom stereocenters. The van der Waals surface area contributed by atoms with Gasteiger partial charge in [-0.05, 0) is 38.7 Å². The Morgan fingerprint density at radius 2 is 2.25 bits per heavy atom. The summed E-state index contributed by atoms with van der Waals surface area (Å²) in [6, 6.07) is 1.65. The maximum Gasteiger partial charge on any atom is 0.253 e. The Morgan fingerprint density at radius 3 is 2.81 bits per heavy atom. The minimum absolute atomic E-state index is 0.114. The van der Waals surface area contributed by atoms with Crippen LogP contribution in [0.4, 0.5) is 5.69 Å². The molecule has 0 bridgehead atoms. The molecule has 0 saturated heterocycles. The zero-order valence-electron chi connectivity index (χ0n) is 9.66. The van der Waals surface area contributed by atoms with Crippen LogP contribution in [0.1, 0.15) is 37.0 Å². The lowest BCUT2D eigenvalue weighted by atomic mass is 9.98. The second kappa shape index (κ2) is 3.77. The highest BCUT2D eigenvalue weighted by molar-refractivity contribution is 5.99. The van der Waals surface area contributed by atoms with Crippen molar-refractivity contribution >= 4 is 11.6 Å². The first-order chi connectivity index (χ1) is 7.50. The molecular weight excluding hydrogens is 202 g/mol. The zero-order valence-corrected chi connectivity index (χ0v) is 9.66. The largest absolute Gasteiger partial charge is 0.397 e. The van der Waals surface area contributed by atoms with Crippen LogP contribution in [0, 0.1) is 5.92 Å². The van der Waals surface area contributed by atoms with Crippen LogP contribution in [-0.4, -0.2) is 16.4 Å². The first-order valence-electron chi connectivity index (χ1n) is 5.53. The third kappa shape index (κ3) is 2.15. The van der Waals surface area contributed by atoms with Crippen LogP contribution >= 0.6 is 0 Å². The van der Waals surface area contributed by atoms with Gasteiger partial charge in [-0.3, -0.25) is 9.78 Å². The summed E-state index contributed by atoms with van der Waals surface area (Å²) in [6.45, 7) is 4.11. The first-order valence-corrected chi connectivity index (χ1v) is 5.53. The number of hydrogen-bond donors (Lipinski definition) is 2.